The van der Waals surface area contributed by atoms with Crippen molar-refractivity contribution in [2.75, 3.05) is 13.2 Å². The van der Waals surface area contributed by atoms with Gasteiger partial charge in [0, 0.05) is 11.5 Å². The summed E-state index contributed by atoms with van der Waals surface area (Å²) in [5.41, 5.74) is 0.793. The molecule has 3 rings (SSSR count). The molecule has 0 atom stereocenters. The first-order chi connectivity index (χ1) is 12.8. The summed E-state index contributed by atoms with van der Waals surface area (Å²) in [6, 6.07) is 11.2. The second-order valence-electron chi connectivity index (χ2n) is 6.52. The van der Waals surface area contributed by atoms with E-state index in [4.69, 9.17) is 14.2 Å². The third-order valence-electron chi connectivity index (χ3n) is 4.08. The molecule has 4 nitrogen and oxygen atoms in total. The maximum atomic E-state index is 12.5. The Hall–Kier alpha value is -2.38. The van der Waals surface area contributed by atoms with E-state index in [-0.39, 0.29) is 12.2 Å². The van der Waals surface area contributed by atoms with E-state index in [1.807, 2.05) is 19.1 Å². The Kier molecular flexibility index (Phi) is 5.82. The molecular formula is C20H19F3O4. The highest BCUT2D eigenvalue weighted by atomic mass is 19.4. The lowest BCUT2D eigenvalue weighted by atomic mass is 10.1. The highest BCUT2D eigenvalue weighted by Gasteiger charge is 2.30. The monoisotopic (exact) mass is 380 g/mol. The highest BCUT2D eigenvalue weighted by Crippen LogP contribution is 2.30. The van der Waals surface area contributed by atoms with Crippen molar-refractivity contribution in [1.29, 1.82) is 0 Å². The van der Waals surface area contributed by atoms with Gasteiger partial charge in [-0.05, 0) is 29.8 Å². The third-order valence-corrected chi connectivity index (χ3v) is 4.08. The van der Waals surface area contributed by atoms with Gasteiger partial charge in [0.25, 0.3) is 0 Å². The molecule has 1 fully saturated rings. The normalized spacial score (nSPS) is 20.3. The van der Waals surface area contributed by atoms with Crippen molar-refractivity contribution in [2.24, 2.45) is 5.92 Å². The summed E-state index contributed by atoms with van der Waals surface area (Å²) >= 11 is 0. The van der Waals surface area contributed by atoms with Gasteiger partial charge in [0.05, 0.1) is 25.2 Å². The van der Waals surface area contributed by atoms with Crippen LogP contribution in [0, 0.1) is 5.92 Å². The Balaban J connectivity index is 1.55. The maximum absolute atomic E-state index is 12.5. The van der Waals surface area contributed by atoms with Crippen LogP contribution in [-0.2, 0) is 26.9 Å². The van der Waals surface area contributed by atoms with Crippen LogP contribution in [0.15, 0.2) is 48.5 Å². The molecule has 2 aromatic rings. The van der Waals surface area contributed by atoms with Crippen molar-refractivity contribution in [3.63, 3.8) is 0 Å². The quantitative estimate of drug-likeness (QED) is 0.577. The standard InChI is InChI=1S/C20H19F3O4/c1-13-11-25-19(26-12-13)15-4-2-14(3-5-15)10-18(24)27-17-8-6-16(7-9-17)20(21,22)23/h2-9,13,19H,10-12H2,1H3. The van der Waals surface area contributed by atoms with Gasteiger partial charge in [-0.25, -0.2) is 0 Å². The number of carbonyl (C=O) groups is 1. The largest absolute Gasteiger partial charge is 0.426 e. The van der Waals surface area contributed by atoms with Crippen molar-refractivity contribution in [2.45, 2.75) is 25.8 Å². The van der Waals surface area contributed by atoms with Crippen molar-refractivity contribution in [1.82, 2.24) is 0 Å². The van der Waals surface area contributed by atoms with E-state index < -0.39 is 24.0 Å². The molecule has 1 aliphatic heterocycles. The van der Waals surface area contributed by atoms with E-state index in [1.165, 1.54) is 0 Å². The van der Waals surface area contributed by atoms with Gasteiger partial charge in [0.2, 0.25) is 0 Å². The molecule has 0 amide bonds. The fourth-order valence-corrected chi connectivity index (χ4v) is 2.63. The fraction of sp³-hybridized carbons (Fsp3) is 0.350. The molecule has 7 heteroatoms. The predicted octanol–water partition coefficient (Wildman–Crippen LogP) is 4.54. The van der Waals surface area contributed by atoms with E-state index >= 15 is 0 Å². The molecule has 1 aliphatic rings. The van der Waals surface area contributed by atoms with Crippen LogP contribution in [-0.4, -0.2) is 19.2 Å². The SMILES string of the molecule is CC1COC(c2ccc(CC(=O)Oc3ccc(C(F)(F)F)cc3)cc2)OC1. The van der Waals surface area contributed by atoms with Crippen LogP contribution in [0.4, 0.5) is 13.2 Å². The zero-order valence-electron chi connectivity index (χ0n) is 14.7. The molecule has 0 unspecified atom stereocenters. The lowest BCUT2D eigenvalue weighted by Gasteiger charge is -2.27. The van der Waals surface area contributed by atoms with E-state index in [9.17, 15) is 18.0 Å². The molecule has 1 saturated heterocycles. The Bertz CT molecular complexity index is 761. The number of alkyl halides is 3. The summed E-state index contributed by atoms with van der Waals surface area (Å²) in [6.07, 6.45) is -4.83. The van der Waals surface area contributed by atoms with Crippen LogP contribution in [0.25, 0.3) is 0 Å². The van der Waals surface area contributed by atoms with E-state index in [1.54, 1.807) is 12.1 Å². The molecule has 0 radical (unpaired) electrons. The van der Waals surface area contributed by atoms with Gasteiger partial charge in [0.1, 0.15) is 5.75 Å². The van der Waals surface area contributed by atoms with E-state index in [2.05, 4.69) is 0 Å². The molecule has 0 saturated carbocycles. The number of halogens is 3. The summed E-state index contributed by atoms with van der Waals surface area (Å²) < 4.78 is 53.9. The average molecular weight is 380 g/mol. The smallest absolute Gasteiger partial charge is 0.416 e. The van der Waals surface area contributed by atoms with Gasteiger partial charge in [0.15, 0.2) is 6.29 Å². The van der Waals surface area contributed by atoms with Gasteiger partial charge in [-0.2, -0.15) is 13.2 Å². The Morgan fingerprint density at radius 3 is 2.19 bits per heavy atom. The average Bonchev–Trinajstić information content (AvgIpc) is 2.63. The zero-order valence-corrected chi connectivity index (χ0v) is 14.7. The number of hydrogen-bond acceptors (Lipinski definition) is 4. The number of ether oxygens (including phenoxy) is 3. The van der Waals surface area contributed by atoms with Gasteiger partial charge in [-0.15, -0.1) is 0 Å². The molecule has 0 bridgehead atoms. The first-order valence-corrected chi connectivity index (χ1v) is 8.51. The van der Waals surface area contributed by atoms with Crippen molar-refractivity contribution in [3.8, 4) is 5.75 Å². The third kappa shape index (κ3) is 5.30. The summed E-state index contributed by atoms with van der Waals surface area (Å²) in [5, 5.41) is 0. The summed E-state index contributed by atoms with van der Waals surface area (Å²) in [6.45, 7) is 3.30. The zero-order chi connectivity index (χ0) is 19.4. The number of carbonyl (C=O) groups excluding carboxylic acids is 1. The summed E-state index contributed by atoms with van der Waals surface area (Å²) in [4.78, 5) is 12.0. The number of benzene rings is 2. The Morgan fingerprint density at radius 1 is 1.04 bits per heavy atom. The maximum Gasteiger partial charge on any atom is 0.416 e. The van der Waals surface area contributed by atoms with Crippen LogP contribution >= 0.6 is 0 Å². The highest BCUT2D eigenvalue weighted by molar-refractivity contribution is 5.75. The molecular weight excluding hydrogens is 361 g/mol. The minimum atomic E-state index is -4.42. The molecule has 0 N–H and O–H groups in total. The number of rotatable bonds is 4. The minimum Gasteiger partial charge on any atom is -0.426 e. The lowest BCUT2D eigenvalue weighted by Crippen LogP contribution is -2.25. The second kappa shape index (κ2) is 8.10. The second-order valence-corrected chi connectivity index (χ2v) is 6.52. The van der Waals surface area contributed by atoms with Crippen LogP contribution in [0.2, 0.25) is 0 Å². The van der Waals surface area contributed by atoms with E-state index in [0.29, 0.717) is 19.1 Å². The topological polar surface area (TPSA) is 44.8 Å². The predicted molar refractivity (Wildman–Crippen MR) is 91.0 cm³/mol. The molecule has 27 heavy (non-hydrogen) atoms. The van der Waals surface area contributed by atoms with Crippen LogP contribution in [0.5, 0.6) is 5.75 Å². The lowest BCUT2D eigenvalue weighted by molar-refractivity contribution is -0.202. The Morgan fingerprint density at radius 2 is 1.63 bits per heavy atom. The first-order valence-electron chi connectivity index (χ1n) is 8.51. The Labute approximate surface area is 154 Å². The van der Waals surface area contributed by atoms with Crippen LogP contribution in [0.3, 0.4) is 0 Å². The van der Waals surface area contributed by atoms with Crippen LogP contribution in [0.1, 0.15) is 29.9 Å². The van der Waals surface area contributed by atoms with Crippen molar-refractivity contribution >= 4 is 5.97 Å². The molecule has 2 aromatic carbocycles. The number of hydrogen-bond donors (Lipinski definition) is 0. The van der Waals surface area contributed by atoms with E-state index in [0.717, 1.165) is 35.4 Å². The van der Waals surface area contributed by atoms with Crippen molar-refractivity contribution < 1.29 is 32.2 Å². The van der Waals surface area contributed by atoms with Crippen molar-refractivity contribution in [3.05, 3.63) is 65.2 Å². The molecule has 1 heterocycles. The molecule has 0 spiro atoms. The van der Waals surface area contributed by atoms with Gasteiger partial charge in [-0.1, -0.05) is 31.2 Å². The van der Waals surface area contributed by atoms with Crippen LogP contribution < -0.4 is 4.74 Å². The fourth-order valence-electron chi connectivity index (χ4n) is 2.63. The first kappa shape index (κ1) is 19.4. The van der Waals surface area contributed by atoms with Gasteiger partial charge < -0.3 is 14.2 Å². The van der Waals surface area contributed by atoms with Gasteiger partial charge >= 0.3 is 12.1 Å². The molecule has 0 aromatic heterocycles. The summed E-state index contributed by atoms with van der Waals surface area (Å²) in [7, 11) is 0. The number of esters is 1. The summed E-state index contributed by atoms with van der Waals surface area (Å²) in [5.74, 6) is -0.121. The van der Waals surface area contributed by atoms with Gasteiger partial charge in [-0.3, -0.25) is 4.79 Å². The molecule has 144 valence electrons. The molecule has 0 aliphatic carbocycles. The minimum absolute atomic E-state index is 0.00468.